The van der Waals surface area contributed by atoms with Crippen LogP contribution >= 0.6 is 11.8 Å². The Hall–Kier alpha value is -2.85. The van der Waals surface area contributed by atoms with E-state index in [4.69, 9.17) is 5.26 Å². The fourth-order valence-electron chi connectivity index (χ4n) is 4.40. The zero-order valence-corrected chi connectivity index (χ0v) is 20.8. The topological polar surface area (TPSA) is 61.2 Å². The van der Waals surface area contributed by atoms with Gasteiger partial charge in [0.1, 0.15) is 0 Å². The fraction of sp³-hybridized carbons (Fsp3) is 0.250. The molecular formula is C28H28N2O2S2. The molecule has 4 rings (SSSR count). The normalized spacial score (nSPS) is 16.4. The van der Waals surface area contributed by atoms with Crippen LogP contribution in [-0.2, 0) is 10.0 Å². The van der Waals surface area contributed by atoms with Crippen LogP contribution in [-0.4, -0.2) is 25.8 Å². The summed E-state index contributed by atoms with van der Waals surface area (Å²) < 4.78 is 27.7. The van der Waals surface area contributed by atoms with E-state index < -0.39 is 10.0 Å². The first kappa shape index (κ1) is 24.3. The summed E-state index contributed by atoms with van der Waals surface area (Å²) in [5.41, 5.74) is 2.20. The molecule has 1 aliphatic rings. The maximum atomic E-state index is 13.1. The number of hydrogen-bond donors (Lipinski definition) is 0. The van der Waals surface area contributed by atoms with Crippen LogP contribution in [0.1, 0.15) is 29.9 Å². The molecule has 0 aromatic heterocycles. The lowest BCUT2D eigenvalue weighted by Gasteiger charge is -2.34. The number of rotatable bonds is 7. The van der Waals surface area contributed by atoms with Gasteiger partial charge in [-0.05, 0) is 67.6 Å². The van der Waals surface area contributed by atoms with Crippen LogP contribution in [0.5, 0.6) is 0 Å². The minimum Gasteiger partial charge on any atom is -0.207 e. The van der Waals surface area contributed by atoms with Gasteiger partial charge in [0.2, 0.25) is 10.0 Å². The molecule has 0 spiro atoms. The zero-order chi connectivity index (χ0) is 24.0. The third-order valence-electron chi connectivity index (χ3n) is 6.29. The van der Waals surface area contributed by atoms with Crippen molar-refractivity contribution in [2.75, 3.05) is 13.1 Å². The van der Waals surface area contributed by atoms with E-state index in [1.165, 1.54) is 4.90 Å². The van der Waals surface area contributed by atoms with Gasteiger partial charge in [0, 0.05) is 34.9 Å². The van der Waals surface area contributed by atoms with E-state index >= 15 is 0 Å². The Bertz CT molecular complexity index is 1250. The number of sulfonamides is 1. The summed E-state index contributed by atoms with van der Waals surface area (Å²) in [6.07, 6.45) is 5.03. The third-order valence-corrected chi connectivity index (χ3v) is 9.22. The Kier molecular flexibility index (Phi) is 7.89. The molecule has 0 aliphatic carbocycles. The first-order chi connectivity index (χ1) is 16.5. The van der Waals surface area contributed by atoms with Crippen molar-refractivity contribution in [2.45, 2.75) is 40.4 Å². The minimum atomic E-state index is -3.48. The molecule has 1 aliphatic heterocycles. The summed E-state index contributed by atoms with van der Waals surface area (Å²) in [7, 11) is -3.48. The lowest BCUT2D eigenvalue weighted by Crippen LogP contribution is -2.39. The average molecular weight is 489 g/mol. The van der Waals surface area contributed by atoms with E-state index in [0.29, 0.717) is 18.0 Å². The highest BCUT2D eigenvalue weighted by Crippen LogP contribution is 2.37. The molecule has 4 nitrogen and oxygen atoms in total. The summed E-state index contributed by atoms with van der Waals surface area (Å²) in [4.78, 5) is 2.71. The Balaban J connectivity index is 1.46. The predicted molar refractivity (Wildman–Crippen MR) is 137 cm³/mol. The van der Waals surface area contributed by atoms with Crippen LogP contribution in [0.2, 0.25) is 0 Å². The van der Waals surface area contributed by atoms with E-state index in [-0.39, 0.29) is 11.8 Å². The van der Waals surface area contributed by atoms with Gasteiger partial charge < -0.3 is 0 Å². The molecule has 0 unspecified atom stereocenters. The van der Waals surface area contributed by atoms with E-state index in [9.17, 15) is 8.42 Å². The first-order valence-corrected chi connectivity index (χ1v) is 13.7. The van der Waals surface area contributed by atoms with Crippen molar-refractivity contribution >= 4 is 21.8 Å². The van der Waals surface area contributed by atoms with Crippen LogP contribution < -0.4 is 0 Å². The molecule has 1 saturated heterocycles. The van der Waals surface area contributed by atoms with Gasteiger partial charge in [-0.15, -0.1) is 0 Å². The second-order valence-electron chi connectivity index (χ2n) is 8.55. The molecule has 174 valence electrons. The standard InChI is InChI=1S/C28H28N2O2S2/c1-22-9-15-27(16-10-22)34(31,32)30-20-17-24(18-21-30)28(8-5-19-29)23-11-13-26(14-12-23)33-25-6-3-2-4-7-25/h2-16,24,28H,17-18,20-21H2,1H3/b8-5+/t28-/m0/s1. The number of allylic oxidation sites excluding steroid dienone is 2. The zero-order valence-electron chi connectivity index (χ0n) is 19.2. The number of aryl methyl sites for hydroxylation is 1. The molecule has 34 heavy (non-hydrogen) atoms. The Morgan fingerprint density at radius 1 is 0.941 bits per heavy atom. The summed E-state index contributed by atoms with van der Waals surface area (Å²) in [5.74, 6) is 0.362. The highest BCUT2D eigenvalue weighted by Gasteiger charge is 2.32. The molecule has 3 aromatic rings. The first-order valence-electron chi connectivity index (χ1n) is 11.4. The Morgan fingerprint density at radius 2 is 1.56 bits per heavy atom. The SMILES string of the molecule is Cc1ccc(S(=O)(=O)N2CCC([C@@H](/C=C/C#N)c3ccc(Sc4ccccc4)cc3)CC2)cc1. The van der Waals surface area contributed by atoms with Gasteiger partial charge in [-0.25, -0.2) is 8.42 Å². The number of piperidine rings is 1. The van der Waals surface area contributed by atoms with Gasteiger partial charge in [0.25, 0.3) is 0 Å². The predicted octanol–water partition coefficient (Wildman–Crippen LogP) is 6.41. The molecular weight excluding hydrogens is 460 g/mol. The van der Waals surface area contributed by atoms with Gasteiger partial charge >= 0.3 is 0 Å². The monoisotopic (exact) mass is 488 g/mol. The van der Waals surface area contributed by atoms with Crippen molar-refractivity contribution in [1.82, 2.24) is 4.31 Å². The van der Waals surface area contributed by atoms with Gasteiger partial charge in [-0.2, -0.15) is 9.57 Å². The minimum absolute atomic E-state index is 0.0830. The molecule has 6 heteroatoms. The lowest BCUT2D eigenvalue weighted by molar-refractivity contribution is 0.259. The molecule has 0 N–H and O–H groups in total. The lowest BCUT2D eigenvalue weighted by atomic mass is 9.80. The van der Waals surface area contributed by atoms with E-state index in [1.807, 2.05) is 43.3 Å². The van der Waals surface area contributed by atoms with E-state index in [1.54, 1.807) is 34.3 Å². The second kappa shape index (κ2) is 11.1. The third kappa shape index (κ3) is 5.79. The molecule has 1 heterocycles. The molecule has 1 atom stereocenters. The van der Waals surface area contributed by atoms with Crippen molar-refractivity contribution < 1.29 is 8.42 Å². The molecule has 0 bridgehead atoms. The number of benzene rings is 3. The van der Waals surface area contributed by atoms with Crippen LogP contribution in [0.15, 0.2) is 106 Å². The fourth-order valence-corrected chi connectivity index (χ4v) is 6.71. The van der Waals surface area contributed by atoms with Crippen molar-refractivity contribution in [3.63, 3.8) is 0 Å². The molecule has 0 saturated carbocycles. The van der Waals surface area contributed by atoms with Crippen LogP contribution in [0.4, 0.5) is 0 Å². The highest BCUT2D eigenvalue weighted by atomic mass is 32.2. The smallest absolute Gasteiger partial charge is 0.207 e. The summed E-state index contributed by atoms with van der Waals surface area (Å²) in [6.45, 7) is 2.92. The average Bonchev–Trinajstić information content (AvgIpc) is 2.86. The Labute approximate surface area is 207 Å². The van der Waals surface area contributed by atoms with Crippen LogP contribution in [0.3, 0.4) is 0 Å². The van der Waals surface area contributed by atoms with Crippen LogP contribution in [0, 0.1) is 24.2 Å². The van der Waals surface area contributed by atoms with Gasteiger partial charge in [-0.3, -0.25) is 0 Å². The molecule has 3 aromatic carbocycles. The summed E-state index contributed by atoms with van der Waals surface area (Å²) in [5, 5.41) is 9.14. The molecule has 0 amide bonds. The maximum absolute atomic E-state index is 13.1. The molecule has 1 fully saturated rings. The largest absolute Gasteiger partial charge is 0.243 e. The van der Waals surface area contributed by atoms with Gasteiger partial charge in [0.05, 0.1) is 11.0 Å². The molecule has 0 radical (unpaired) electrons. The summed E-state index contributed by atoms with van der Waals surface area (Å²) in [6, 6.07) is 27.9. The maximum Gasteiger partial charge on any atom is 0.243 e. The van der Waals surface area contributed by atoms with Crippen molar-refractivity contribution in [1.29, 1.82) is 5.26 Å². The Morgan fingerprint density at radius 3 is 2.18 bits per heavy atom. The van der Waals surface area contributed by atoms with Crippen molar-refractivity contribution in [2.24, 2.45) is 5.92 Å². The van der Waals surface area contributed by atoms with Crippen molar-refractivity contribution in [3.8, 4) is 6.07 Å². The van der Waals surface area contributed by atoms with Gasteiger partial charge in [0.15, 0.2) is 0 Å². The van der Waals surface area contributed by atoms with Crippen LogP contribution in [0.25, 0.3) is 0 Å². The highest BCUT2D eigenvalue weighted by molar-refractivity contribution is 7.99. The second-order valence-corrected chi connectivity index (χ2v) is 11.6. The number of nitriles is 1. The van der Waals surface area contributed by atoms with Crippen molar-refractivity contribution in [3.05, 3.63) is 102 Å². The number of hydrogen-bond acceptors (Lipinski definition) is 4. The van der Waals surface area contributed by atoms with E-state index in [0.717, 1.165) is 28.9 Å². The van der Waals surface area contributed by atoms with Gasteiger partial charge in [-0.1, -0.05) is 65.9 Å². The quantitative estimate of drug-likeness (QED) is 0.361. The van der Waals surface area contributed by atoms with E-state index in [2.05, 4.69) is 42.5 Å². The number of nitrogens with zero attached hydrogens (tertiary/aromatic N) is 2. The summed E-state index contributed by atoms with van der Waals surface area (Å²) >= 11 is 1.72.